The first-order chi connectivity index (χ1) is 9.88. The van der Waals surface area contributed by atoms with Gasteiger partial charge in [0.2, 0.25) is 5.91 Å². The number of carboxylic acid groups (broad SMARTS) is 1. The van der Waals surface area contributed by atoms with Crippen molar-refractivity contribution in [3.8, 4) is 0 Å². The van der Waals surface area contributed by atoms with Crippen molar-refractivity contribution in [2.24, 2.45) is 5.92 Å². The lowest BCUT2D eigenvalue weighted by Crippen LogP contribution is -2.50. The van der Waals surface area contributed by atoms with Crippen LogP contribution in [0.5, 0.6) is 0 Å². The van der Waals surface area contributed by atoms with Crippen molar-refractivity contribution >= 4 is 23.5 Å². The molecule has 1 aromatic carbocycles. The molecule has 0 radical (unpaired) electrons. The second kappa shape index (κ2) is 6.43. The van der Waals surface area contributed by atoms with Gasteiger partial charge in [0.25, 0.3) is 0 Å². The van der Waals surface area contributed by atoms with Crippen LogP contribution in [0.3, 0.4) is 0 Å². The molecule has 2 atom stereocenters. The van der Waals surface area contributed by atoms with Crippen molar-refractivity contribution in [2.45, 2.75) is 32.2 Å². The SMILES string of the molecule is CC1CCN(C(=O)Cc2ccc(F)cc2Cl)C(C(=O)O)C1. The summed E-state index contributed by atoms with van der Waals surface area (Å²) in [5, 5.41) is 9.44. The largest absolute Gasteiger partial charge is 0.480 e. The van der Waals surface area contributed by atoms with Crippen LogP contribution in [0.25, 0.3) is 0 Å². The Morgan fingerprint density at radius 2 is 2.19 bits per heavy atom. The highest BCUT2D eigenvalue weighted by Crippen LogP contribution is 2.25. The summed E-state index contributed by atoms with van der Waals surface area (Å²) >= 11 is 5.91. The zero-order valence-corrected chi connectivity index (χ0v) is 12.4. The fourth-order valence-corrected chi connectivity index (χ4v) is 2.84. The van der Waals surface area contributed by atoms with Crippen LogP contribution in [0.1, 0.15) is 25.3 Å². The van der Waals surface area contributed by atoms with E-state index in [2.05, 4.69) is 0 Å². The smallest absolute Gasteiger partial charge is 0.326 e. The maximum Gasteiger partial charge on any atom is 0.326 e. The van der Waals surface area contributed by atoms with Gasteiger partial charge in [0.1, 0.15) is 11.9 Å². The molecule has 114 valence electrons. The number of nitrogens with zero attached hydrogens (tertiary/aromatic N) is 1. The lowest BCUT2D eigenvalue weighted by atomic mass is 9.92. The molecule has 1 aromatic rings. The Morgan fingerprint density at radius 1 is 1.48 bits per heavy atom. The first-order valence-corrected chi connectivity index (χ1v) is 7.22. The normalized spacial score (nSPS) is 22.1. The van der Waals surface area contributed by atoms with Crippen molar-refractivity contribution in [3.63, 3.8) is 0 Å². The van der Waals surface area contributed by atoms with E-state index in [0.717, 1.165) is 12.5 Å². The number of halogens is 2. The Labute approximate surface area is 127 Å². The van der Waals surface area contributed by atoms with Crippen LogP contribution in [0, 0.1) is 11.7 Å². The Bertz CT molecular complexity index is 564. The molecule has 1 aliphatic rings. The Balaban J connectivity index is 2.13. The number of carbonyl (C=O) groups excluding carboxylic acids is 1. The first-order valence-electron chi connectivity index (χ1n) is 6.84. The fraction of sp³-hybridized carbons (Fsp3) is 0.467. The van der Waals surface area contributed by atoms with E-state index in [1.54, 1.807) is 0 Å². The predicted molar refractivity (Wildman–Crippen MR) is 76.6 cm³/mol. The summed E-state index contributed by atoms with van der Waals surface area (Å²) in [6, 6.07) is 3.05. The molecule has 1 N–H and O–H groups in total. The Hall–Kier alpha value is -1.62. The summed E-state index contributed by atoms with van der Waals surface area (Å²) in [5.41, 5.74) is 0.505. The summed E-state index contributed by atoms with van der Waals surface area (Å²) in [6.07, 6.45) is 1.22. The third kappa shape index (κ3) is 3.73. The third-order valence-corrected chi connectivity index (χ3v) is 4.18. The maximum atomic E-state index is 13.0. The van der Waals surface area contributed by atoms with Crippen LogP contribution in [-0.2, 0) is 16.0 Å². The van der Waals surface area contributed by atoms with Gasteiger partial charge in [-0.15, -0.1) is 0 Å². The maximum absolute atomic E-state index is 13.0. The van der Waals surface area contributed by atoms with Gasteiger partial charge in [-0.05, 0) is 36.5 Å². The van der Waals surface area contributed by atoms with Crippen LogP contribution in [0.15, 0.2) is 18.2 Å². The van der Waals surface area contributed by atoms with Crippen molar-refractivity contribution in [1.29, 1.82) is 0 Å². The van der Waals surface area contributed by atoms with Crippen LogP contribution < -0.4 is 0 Å². The van der Waals surface area contributed by atoms with Crippen LogP contribution >= 0.6 is 11.6 Å². The quantitative estimate of drug-likeness (QED) is 0.933. The molecule has 0 aliphatic carbocycles. The molecule has 21 heavy (non-hydrogen) atoms. The van der Waals surface area contributed by atoms with Gasteiger partial charge in [-0.3, -0.25) is 4.79 Å². The molecule has 0 bridgehead atoms. The van der Waals surface area contributed by atoms with E-state index in [4.69, 9.17) is 11.6 Å². The van der Waals surface area contributed by atoms with E-state index >= 15 is 0 Å². The number of likely N-dealkylation sites (tertiary alicyclic amines) is 1. The highest BCUT2D eigenvalue weighted by atomic mass is 35.5. The Kier molecular flexibility index (Phi) is 4.83. The summed E-state index contributed by atoms with van der Waals surface area (Å²) in [5.74, 6) is -1.46. The molecule has 1 amide bonds. The molecule has 0 spiro atoms. The van der Waals surface area contributed by atoms with Gasteiger partial charge in [-0.2, -0.15) is 0 Å². The number of hydrogen-bond acceptors (Lipinski definition) is 2. The molecular formula is C15H17ClFNO3. The number of benzene rings is 1. The first kappa shape index (κ1) is 15.8. The molecule has 2 unspecified atom stereocenters. The van der Waals surface area contributed by atoms with E-state index in [9.17, 15) is 19.1 Å². The average molecular weight is 314 g/mol. The molecule has 0 saturated carbocycles. The summed E-state index contributed by atoms with van der Waals surface area (Å²) in [6.45, 7) is 2.41. The second-order valence-electron chi connectivity index (χ2n) is 5.48. The number of rotatable bonds is 3. The highest BCUT2D eigenvalue weighted by molar-refractivity contribution is 6.31. The highest BCUT2D eigenvalue weighted by Gasteiger charge is 2.34. The van der Waals surface area contributed by atoms with Crippen LogP contribution in [0.4, 0.5) is 4.39 Å². The van der Waals surface area contributed by atoms with Gasteiger partial charge in [-0.1, -0.05) is 24.6 Å². The van der Waals surface area contributed by atoms with E-state index in [1.807, 2.05) is 6.92 Å². The summed E-state index contributed by atoms with van der Waals surface area (Å²) in [7, 11) is 0. The predicted octanol–water partition coefficient (Wildman–Crippen LogP) is 2.73. The molecule has 1 fully saturated rings. The third-order valence-electron chi connectivity index (χ3n) is 3.83. The van der Waals surface area contributed by atoms with Gasteiger partial charge >= 0.3 is 5.97 Å². The molecule has 4 nitrogen and oxygen atoms in total. The molecule has 2 rings (SSSR count). The zero-order valence-electron chi connectivity index (χ0n) is 11.7. The topological polar surface area (TPSA) is 57.6 Å². The number of piperidine rings is 1. The number of carbonyl (C=O) groups is 2. The number of carboxylic acids is 1. The van der Waals surface area contributed by atoms with Crippen molar-refractivity contribution in [2.75, 3.05) is 6.54 Å². The van der Waals surface area contributed by atoms with Crippen molar-refractivity contribution < 1.29 is 19.1 Å². The molecule has 6 heteroatoms. The van der Waals surface area contributed by atoms with E-state index in [1.165, 1.54) is 17.0 Å². The van der Waals surface area contributed by atoms with Crippen LogP contribution in [0.2, 0.25) is 5.02 Å². The van der Waals surface area contributed by atoms with Gasteiger partial charge in [-0.25, -0.2) is 9.18 Å². The number of aliphatic carboxylic acids is 1. The molecular weight excluding hydrogens is 297 g/mol. The van der Waals surface area contributed by atoms with Gasteiger partial charge in [0, 0.05) is 11.6 Å². The summed E-state index contributed by atoms with van der Waals surface area (Å²) in [4.78, 5) is 25.0. The van der Waals surface area contributed by atoms with Crippen molar-refractivity contribution in [3.05, 3.63) is 34.6 Å². The fourth-order valence-electron chi connectivity index (χ4n) is 2.60. The average Bonchev–Trinajstić information content (AvgIpc) is 2.41. The Morgan fingerprint density at radius 3 is 2.81 bits per heavy atom. The molecule has 1 saturated heterocycles. The minimum absolute atomic E-state index is 0.0166. The molecule has 1 heterocycles. The zero-order chi connectivity index (χ0) is 15.6. The van der Waals surface area contributed by atoms with Crippen molar-refractivity contribution in [1.82, 2.24) is 4.90 Å². The van der Waals surface area contributed by atoms with E-state index in [0.29, 0.717) is 18.5 Å². The molecule has 0 aromatic heterocycles. The lowest BCUT2D eigenvalue weighted by Gasteiger charge is -2.36. The van der Waals surface area contributed by atoms with Gasteiger partial charge < -0.3 is 10.0 Å². The van der Waals surface area contributed by atoms with Crippen LogP contribution in [-0.4, -0.2) is 34.5 Å². The second-order valence-corrected chi connectivity index (χ2v) is 5.89. The molecule has 1 aliphatic heterocycles. The minimum atomic E-state index is -0.986. The standard InChI is InChI=1S/C15H17ClFNO3/c1-9-4-5-18(13(6-9)15(20)21)14(19)7-10-2-3-11(17)8-12(10)16/h2-3,8-9,13H,4-7H2,1H3,(H,20,21). The monoisotopic (exact) mass is 313 g/mol. The van der Waals surface area contributed by atoms with E-state index < -0.39 is 17.8 Å². The lowest BCUT2D eigenvalue weighted by molar-refractivity contribution is -0.152. The number of amides is 1. The van der Waals surface area contributed by atoms with E-state index in [-0.39, 0.29) is 23.3 Å². The summed E-state index contributed by atoms with van der Waals surface area (Å²) < 4.78 is 13.0. The minimum Gasteiger partial charge on any atom is -0.480 e. The van der Waals surface area contributed by atoms with Gasteiger partial charge in [0.15, 0.2) is 0 Å². The van der Waals surface area contributed by atoms with Gasteiger partial charge in [0.05, 0.1) is 6.42 Å². The number of hydrogen-bond donors (Lipinski definition) is 1.